The van der Waals surface area contributed by atoms with Crippen molar-refractivity contribution in [1.29, 1.82) is 0 Å². The number of nitrogens with one attached hydrogen (secondary N) is 1. The lowest BCUT2D eigenvalue weighted by Gasteiger charge is -2.16. The normalized spacial score (nSPS) is 20.0. The van der Waals surface area contributed by atoms with E-state index in [4.69, 9.17) is 0 Å². The zero-order valence-electron chi connectivity index (χ0n) is 9.98. The van der Waals surface area contributed by atoms with E-state index in [9.17, 15) is 4.79 Å². The molecule has 1 aliphatic heterocycles. The number of benzene rings is 1. The number of anilines is 1. The van der Waals surface area contributed by atoms with Crippen molar-refractivity contribution < 1.29 is 4.79 Å². The molecule has 90 valence electrons. The molecule has 1 saturated heterocycles. The molecule has 1 heterocycles. The minimum absolute atomic E-state index is 0.258. The number of amides is 1. The van der Waals surface area contributed by atoms with Gasteiger partial charge in [0.2, 0.25) is 5.91 Å². The summed E-state index contributed by atoms with van der Waals surface area (Å²) < 4.78 is 0. The lowest BCUT2D eigenvalue weighted by atomic mass is 10.2. The molecule has 0 bridgehead atoms. The summed E-state index contributed by atoms with van der Waals surface area (Å²) in [6.07, 6.45) is 4.33. The Hall–Kier alpha value is -1.35. The predicted octanol–water partition coefficient (Wildman–Crippen LogP) is 2.07. The van der Waals surface area contributed by atoms with Gasteiger partial charge in [0.25, 0.3) is 0 Å². The second-order valence-corrected chi connectivity index (χ2v) is 4.97. The zero-order chi connectivity index (χ0) is 11.7. The van der Waals surface area contributed by atoms with Crippen LogP contribution in [0.4, 0.5) is 5.69 Å². The third-order valence-electron chi connectivity index (χ3n) is 3.49. The Bertz CT molecular complexity index is 409. The molecule has 1 saturated carbocycles. The van der Waals surface area contributed by atoms with Crippen molar-refractivity contribution in [2.75, 3.05) is 11.4 Å². The van der Waals surface area contributed by atoms with Crippen molar-refractivity contribution in [3.63, 3.8) is 0 Å². The molecule has 0 unspecified atom stereocenters. The standard InChI is InChI=1S/C14H18N2O/c17-14-2-1-9-16(14)13-7-3-11(4-8-13)10-15-12-5-6-12/h3-4,7-8,12,15H,1-2,5-6,9-10H2. The summed E-state index contributed by atoms with van der Waals surface area (Å²) in [7, 11) is 0. The van der Waals surface area contributed by atoms with Crippen LogP contribution < -0.4 is 10.2 Å². The van der Waals surface area contributed by atoms with Gasteiger partial charge in [-0.25, -0.2) is 0 Å². The molecule has 2 aliphatic rings. The molecule has 1 aromatic rings. The quantitative estimate of drug-likeness (QED) is 0.858. The van der Waals surface area contributed by atoms with Crippen molar-refractivity contribution in [2.45, 2.75) is 38.3 Å². The fourth-order valence-corrected chi connectivity index (χ4v) is 2.26. The van der Waals surface area contributed by atoms with Gasteiger partial charge in [0, 0.05) is 31.2 Å². The number of hydrogen-bond acceptors (Lipinski definition) is 2. The summed E-state index contributed by atoms with van der Waals surface area (Å²) in [6.45, 7) is 1.82. The summed E-state index contributed by atoms with van der Waals surface area (Å²) in [5.41, 5.74) is 2.34. The van der Waals surface area contributed by atoms with Gasteiger partial charge in [-0.15, -0.1) is 0 Å². The van der Waals surface area contributed by atoms with Crippen LogP contribution in [0.2, 0.25) is 0 Å². The molecule has 3 heteroatoms. The fraction of sp³-hybridized carbons (Fsp3) is 0.500. The van der Waals surface area contributed by atoms with Crippen molar-refractivity contribution in [2.24, 2.45) is 0 Å². The van der Waals surface area contributed by atoms with Crippen LogP contribution >= 0.6 is 0 Å². The SMILES string of the molecule is O=C1CCCN1c1ccc(CNC2CC2)cc1. The maximum atomic E-state index is 11.6. The average molecular weight is 230 g/mol. The molecular formula is C14H18N2O. The third kappa shape index (κ3) is 2.50. The van der Waals surface area contributed by atoms with Crippen LogP contribution in [-0.2, 0) is 11.3 Å². The zero-order valence-corrected chi connectivity index (χ0v) is 9.98. The van der Waals surface area contributed by atoms with E-state index in [0.29, 0.717) is 6.42 Å². The third-order valence-corrected chi connectivity index (χ3v) is 3.49. The van der Waals surface area contributed by atoms with E-state index in [0.717, 1.165) is 31.2 Å². The first kappa shape index (κ1) is 10.8. The van der Waals surface area contributed by atoms with E-state index >= 15 is 0 Å². The van der Waals surface area contributed by atoms with E-state index in [-0.39, 0.29) is 5.91 Å². The minimum atomic E-state index is 0.258. The summed E-state index contributed by atoms with van der Waals surface area (Å²) in [6, 6.07) is 9.11. The fourth-order valence-electron chi connectivity index (χ4n) is 2.26. The summed E-state index contributed by atoms with van der Waals surface area (Å²) >= 11 is 0. The van der Waals surface area contributed by atoms with Gasteiger partial charge in [0.15, 0.2) is 0 Å². The second-order valence-electron chi connectivity index (χ2n) is 4.97. The van der Waals surface area contributed by atoms with Gasteiger partial charge in [-0.3, -0.25) is 4.79 Å². The first-order valence-corrected chi connectivity index (χ1v) is 6.45. The molecule has 0 aromatic heterocycles. The van der Waals surface area contributed by atoms with Crippen LogP contribution in [0.25, 0.3) is 0 Å². The Balaban J connectivity index is 1.64. The largest absolute Gasteiger partial charge is 0.312 e. The molecule has 0 radical (unpaired) electrons. The first-order valence-electron chi connectivity index (χ1n) is 6.45. The highest BCUT2D eigenvalue weighted by atomic mass is 16.2. The van der Waals surface area contributed by atoms with Gasteiger partial charge in [-0.05, 0) is 37.0 Å². The van der Waals surface area contributed by atoms with Gasteiger partial charge in [-0.1, -0.05) is 12.1 Å². The topological polar surface area (TPSA) is 32.3 Å². The van der Waals surface area contributed by atoms with Crippen LogP contribution in [-0.4, -0.2) is 18.5 Å². The van der Waals surface area contributed by atoms with Crippen molar-refractivity contribution >= 4 is 11.6 Å². The molecule has 0 spiro atoms. The number of carbonyl (C=O) groups is 1. The highest BCUT2D eigenvalue weighted by Gasteiger charge is 2.22. The highest BCUT2D eigenvalue weighted by Crippen LogP contribution is 2.22. The second kappa shape index (κ2) is 4.49. The summed E-state index contributed by atoms with van der Waals surface area (Å²) in [5, 5.41) is 3.49. The van der Waals surface area contributed by atoms with Gasteiger partial charge >= 0.3 is 0 Å². The molecule has 3 rings (SSSR count). The van der Waals surface area contributed by atoms with E-state index in [2.05, 4.69) is 29.6 Å². The Morgan fingerprint density at radius 3 is 2.59 bits per heavy atom. The lowest BCUT2D eigenvalue weighted by Crippen LogP contribution is -2.23. The summed E-state index contributed by atoms with van der Waals surface area (Å²) in [5.74, 6) is 0.258. The van der Waals surface area contributed by atoms with Gasteiger partial charge < -0.3 is 10.2 Å². The van der Waals surface area contributed by atoms with Crippen LogP contribution in [0.15, 0.2) is 24.3 Å². The van der Waals surface area contributed by atoms with Gasteiger partial charge in [0.1, 0.15) is 0 Å². The smallest absolute Gasteiger partial charge is 0.227 e. The van der Waals surface area contributed by atoms with E-state index in [1.54, 1.807) is 0 Å². The van der Waals surface area contributed by atoms with Crippen LogP contribution in [0.5, 0.6) is 0 Å². The number of rotatable bonds is 4. The molecular weight excluding hydrogens is 212 g/mol. The van der Waals surface area contributed by atoms with Crippen molar-refractivity contribution in [3.8, 4) is 0 Å². The van der Waals surface area contributed by atoms with Crippen molar-refractivity contribution in [3.05, 3.63) is 29.8 Å². The maximum Gasteiger partial charge on any atom is 0.227 e. The molecule has 2 fully saturated rings. The molecule has 1 N–H and O–H groups in total. The number of nitrogens with zero attached hydrogens (tertiary/aromatic N) is 1. The number of hydrogen-bond donors (Lipinski definition) is 1. The first-order chi connectivity index (χ1) is 8.33. The molecule has 1 aromatic carbocycles. The summed E-state index contributed by atoms with van der Waals surface area (Å²) in [4.78, 5) is 13.5. The van der Waals surface area contributed by atoms with E-state index < -0.39 is 0 Å². The predicted molar refractivity (Wildman–Crippen MR) is 67.9 cm³/mol. The Morgan fingerprint density at radius 2 is 2.00 bits per heavy atom. The molecule has 1 amide bonds. The Kier molecular flexibility index (Phi) is 2.85. The number of carbonyl (C=O) groups excluding carboxylic acids is 1. The van der Waals surface area contributed by atoms with Crippen LogP contribution in [0.3, 0.4) is 0 Å². The molecule has 0 atom stereocenters. The highest BCUT2D eigenvalue weighted by molar-refractivity contribution is 5.95. The van der Waals surface area contributed by atoms with Crippen LogP contribution in [0.1, 0.15) is 31.2 Å². The van der Waals surface area contributed by atoms with Gasteiger partial charge in [0.05, 0.1) is 0 Å². The van der Waals surface area contributed by atoms with Crippen LogP contribution in [0, 0.1) is 0 Å². The minimum Gasteiger partial charge on any atom is -0.312 e. The Labute approximate surface area is 102 Å². The van der Waals surface area contributed by atoms with E-state index in [1.807, 2.05) is 4.90 Å². The van der Waals surface area contributed by atoms with Gasteiger partial charge in [-0.2, -0.15) is 0 Å². The molecule has 3 nitrogen and oxygen atoms in total. The monoisotopic (exact) mass is 230 g/mol. The maximum absolute atomic E-state index is 11.6. The molecule has 1 aliphatic carbocycles. The molecule has 17 heavy (non-hydrogen) atoms. The average Bonchev–Trinajstić information content (AvgIpc) is 3.09. The Morgan fingerprint density at radius 1 is 1.24 bits per heavy atom. The van der Waals surface area contributed by atoms with Crippen molar-refractivity contribution in [1.82, 2.24) is 5.32 Å². The lowest BCUT2D eigenvalue weighted by molar-refractivity contribution is -0.117. The van der Waals surface area contributed by atoms with E-state index in [1.165, 1.54) is 18.4 Å².